The van der Waals surface area contributed by atoms with E-state index in [4.69, 9.17) is 5.11 Å². The molecule has 0 aromatic heterocycles. The minimum atomic E-state index is -0.821. The highest BCUT2D eigenvalue weighted by Gasteiger charge is 2.27. The summed E-state index contributed by atoms with van der Waals surface area (Å²) in [4.78, 5) is 22.4. The molecular formula is C22H30O4. The lowest BCUT2D eigenvalue weighted by Crippen LogP contribution is -2.14. The first-order valence-corrected chi connectivity index (χ1v) is 9.29. The lowest BCUT2D eigenvalue weighted by Gasteiger charge is -2.13. The maximum absolute atomic E-state index is 12.0. The van der Waals surface area contributed by atoms with Crippen molar-refractivity contribution in [3.05, 3.63) is 60.8 Å². The fourth-order valence-corrected chi connectivity index (χ4v) is 2.70. The number of allylic oxidation sites excluding steroid dienone is 8. The number of aliphatic hydroxyl groups excluding tert-OH is 1. The normalized spacial score (nSPS) is 21.8. The monoisotopic (exact) mass is 358 g/mol. The average molecular weight is 358 g/mol. The van der Waals surface area contributed by atoms with Gasteiger partial charge in [-0.3, -0.25) is 9.59 Å². The molecule has 2 N–H and O–H groups in total. The summed E-state index contributed by atoms with van der Waals surface area (Å²) in [6, 6.07) is 0. The van der Waals surface area contributed by atoms with Crippen LogP contribution in [0.3, 0.4) is 0 Å². The fraction of sp³-hybridized carbons (Fsp3) is 0.455. The Balaban J connectivity index is 2.41. The highest BCUT2D eigenvalue weighted by atomic mass is 16.4. The number of ketones is 1. The molecule has 0 heterocycles. The molecule has 26 heavy (non-hydrogen) atoms. The predicted octanol–water partition coefficient (Wildman–Crippen LogP) is 4.39. The number of aliphatic hydroxyl groups is 1. The molecule has 4 heteroatoms. The summed E-state index contributed by atoms with van der Waals surface area (Å²) in [5.74, 6) is -0.912. The number of hydrogen-bond donors (Lipinski definition) is 2. The molecule has 3 atom stereocenters. The predicted molar refractivity (Wildman–Crippen MR) is 105 cm³/mol. The van der Waals surface area contributed by atoms with Crippen LogP contribution in [-0.4, -0.2) is 28.1 Å². The fourth-order valence-electron chi connectivity index (χ4n) is 2.70. The van der Waals surface area contributed by atoms with E-state index in [1.165, 1.54) is 0 Å². The molecule has 0 spiro atoms. The maximum Gasteiger partial charge on any atom is 0.303 e. The third-order valence-corrected chi connectivity index (χ3v) is 4.17. The molecule has 0 aromatic carbocycles. The summed E-state index contributed by atoms with van der Waals surface area (Å²) in [7, 11) is 0. The van der Waals surface area contributed by atoms with E-state index in [0.717, 1.165) is 12.8 Å². The Morgan fingerprint density at radius 2 is 1.96 bits per heavy atom. The Labute approximate surface area is 156 Å². The van der Waals surface area contributed by atoms with Crippen LogP contribution in [0, 0.1) is 11.8 Å². The molecule has 0 aliphatic heterocycles. The van der Waals surface area contributed by atoms with Gasteiger partial charge in [0.15, 0.2) is 5.78 Å². The standard InChI is InChI=1S/C22H30O4/c1-2-3-4-5-6-8-11-19(23)16-14-18-15-17-21(24)20(18)12-9-7-10-13-22(25)26/h3-4,6-9,14-20,23H,2,5,10-13H2,1H3,(H,25,26)/b4-3-,8-6-,9-7-,16-14+/t18-,19-,20-/m1/s1. The summed E-state index contributed by atoms with van der Waals surface area (Å²) < 4.78 is 0. The third kappa shape index (κ3) is 9.33. The van der Waals surface area contributed by atoms with Crippen LogP contribution in [0.5, 0.6) is 0 Å². The first-order chi connectivity index (χ1) is 12.5. The quantitative estimate of drug-likeness (QED) is 0.507. The van der Waals surface area contributed by atoms with Gasteiger partial charge in [0.05, 0.1) is 6.10 Å². The van der Waals surface area contributed by atoms with Gasteiger partial charge in [-0.1, -0.05) is 61.6 Å². The van der Waals surface area contributed by atoms with Gasteiger partial charge in [0.1, 0.15) is 0 Å². The Morgan fingerprint density at radius 1 is 1.19 bits per heavy atom. The number of aliphatic carboxylic acids is 1. The first-order valence-electron chi connectivity index (χ1n) is 9.29. The molecule has 0 fully saturated rings. The van der Waals surface area contributed by atoms with Crippen molar-refractivity contribution in [3.63, 3.8) is 0 Å². The molecule has 0 aromatic rings. The molecule has 0 saturated heterocycles. The topological polar surface area (TPSA) is 74.6 Å². The molecule has 0 saturated carbocycles. The average Bonchev–Trinajstić information content (AvgIpc) is 2.95. The van der Waals surface area contributed by atoms with Gasteiger partial charge in [-0.2, -0.15) is 0 Å². The Bertz CT molecular complexity index is 581. The van der Waals surface area contributed by atoms with Crippen molar-refractivity contribution in [2.75, 3.05) is 0 Å². The van der Waals surface area contributed by atoms with Gasteiger partial charge in [0.2, 0.25) is 0 Å². The molecule has 1 aliphatic carbocycles. The number of carboxylic acid groups (broad SMARTS) is 1. The van der Waals surface area contributed by atoms with Crippen molar-refractivity contribution < 1.29 is 19.8 Å². The number of hydrogen-bond acceptors (Lipinski definition) is 3. The molecule has 142 valence electrons. The molecule has 0 unspecified atom stereocenters. The minimum absolute atomic E-state index is 0.0160. The summed E-state index contributed by atoms with van der Waals surface area (Å²) in [5.41, 5.74) is 0. The maximum atomic E-state index is 12.0. The van der Waals surface area contributed by atoms with Crippen molar-refractivity contribution >= 4 is 11.8 Å². The van der Waals surface area contributed by atoms with Crippen LogP contribution in [-0.2, 0) is 9.59 Å². The largest absolute Gasteiger partial charge is 0.481 e. The molecule has 0 amide bonds. The van der Waals surface area contributed by atoms with Crippen molar-refractivity contribution in [1.29, 1.82) is 0 Å². The van der Waals surface area contributed by atoms with Gasteiger partial charge in [-0.15, -0.1) is 0 Å². The van der Waals surface area contributed by atoms with Gasteiger partial charge in [-0.25, -0.2) is 0 Å². The zero-order chi connectivity index (χ0) is 19.2. The second-order valence-corrected chi connectivity index (χ2v) is 6.36. The van der Waals surface area contributed by atoms with Crippen molar-refractivity contribution in [2.24, 2.45) is 11.8 Å². The van der Waals surface area contributed by atoms with Crippen LogP contribution in [0.4, 0.5) is 0 Å². The summed E-state index contributed by atoms with van der Waals surface area (Å²) in [6.07, 6.45) is 22.1. The lowest BCUT2D eigenvalue weighted by atomic mass is 9.90. The van der Waals surface area contributed by atoms with Crippen LogP contribution in [0.1, 0.15) is 45.4 Å². The van der Waals surface area contributed by atoms with Crippen LogP contribution >= 0.6 is 0 Å². The van der Waals surface area contributed by atoms with Gasteiger partial charge in [-0.05, 0) is 38.2 Å². The van der Waals surface area contributed by atoms with Gasteiger partial charge >= 0.3 is 5.97 Å². The number of rotatable bonds is 12. The zero-order valence-electron chi connectivity index (χ0n) is 15.5. The molecule has 4 nitrogen and oxygen atoms in total. The first kappa shape index (κ1) is 21.8. The summed E-state index contributed by atoms with van der Waals surface area (Å²) in [6.45, 7) is 2.09. The van der Waals surface area contributed by atoms with E-state index in [1.807, 2.05) is 36.5 Å². The van der Waals surface area contributed by atoms with E-state index >= 15 is 0 Å². The smallest absolute Gasteiger partial charge is 0.303 e. The van der Waals surface area contributed by atoms with E-state index in [2.05, 4.69) is 19.1 Å². The molecule has 0 bridgehead atoms. The van der Waals surface area contributed by atoms with Crippen molar-refractivity contribution in [1.82, 2.24) is 0 Å². The van der Waals surface area contributed by atoms with Crippen molar-refractivity contribution in [3.8, 4) is 0 Å². The number of carbonyl (C=O) groups excluding carboxylic acids is 1. The molecule has 1 aliphatic rings. The van der Waals surface area contributed by atoms with Gasteiger partial charge in [0, 0.05) is 18.3 Å². The van der Waals surface area contributed by atoms with E-state index in [0.29, 0.717) is 19.3 Å². The van der Waals surface area contributed by atoms with Gasteiger partial charge < -0.3 is 10.2 Å². The van der Waals surface area contributed by atoms with E-state index in [9.17, 15) is 14.7 Å². The summed E-state index contributed by atoms with van der Waals surface area (Å²) in [5, 5.41) is 18.6. The third-order valence-electron chi connectivity index (χ3n) is 4.17. The van der Waals surface area contributed by atoms with E-state index in [-0.39, 0.29) is 24.0 Å². The van der Waals surface area contributed by atoms with E-state index in [1.54, 1.807) is 12.2 Å². The second kappa shape index (κ2) is 13.1. The lowest BCUT2D eigenvalue weighted by molar-refractivity contribution is -0.136. The zero-order valence-corrected chi connectivity index (χ0v) is 15.5. The van der Waals surface area contributed by atoms with Crippen LogP contribution in [0.15, 0.2) is 60.8 Å². The van der Waals surface area contributed by atoms with Gasteiger partial charge in [0.25, 0.3) is 0 Å². The molecule has 1 rings (SSSR count). The van der Waals surface area contributed by atoms with Crippen LogP contribution < -0.4 is 0 Å². The Kier molecular flexibility index (Phi) is 11.0. The summed E-state index contributed by atoms with van der Waals surface area (Å²) >= 11 is 0. The highest BCUT2D eigenvalue weighted by molar-refractivity contribution is 5.95. The second-order valence-electron chi connectivity index (χ2n) is 6.36. The van der Waals surface area contributed by atoms with Crippen molar-refractivity contribution in [2.45, 2.75) is 51.6 Å². The minimum Gasteiger partial charge on any atom is -0.481 e. The Morgan fingerprint density at radius 3 is 2.69 bits per heavy atom. The highest BCUT2D eigenvalue weighted by Crippen LogP contribution is 2.27. The Hall–Kier alpha value is -2.20. The van der Waals surface area contributed by atoms with E-state index < -0.39 is 12.1 Å². The van der Waals surface area contributed by atoms with Crippen LogP contribution in [0.25, 0.3) is 0 Å². The van der Waals surface area contributed by atoms with Crippen LogP contribution in [0.2, 0.25) is 0 Å². The SMILES string of the molecule is CC/C=C\C/C=C\C[C@@H](O)/C=C/[C@@H]1C=CC(=O)[C@@H]1C/C=C\CCC(=O)O. The number of carbonyl (C=O) groups is 2. The molecule has 0 radical (unpaired) electrons. The molecular weight excluding hydrogens is 328 g/mol. The number of carboxylic acids is 1.